The van der Waals surface area contributed by atoms with Gasteiger partial charge in [0.05, 0.1) is 12.0 Å². The number of rotatable bonds is 6. The van der Waals surface area contributed by atoms with Crippen LogP contribution in [0.5, 0.6) is 5.75 Å². The van der Waals surface area contributed by atoms with Crippen molar-refractivity contribution < 1.29 is 21.9 Å². The Balaban J connectivity index is 0.00000289. The van der Waals surface area contributed by atoms with Crippen molar-refractivity contribution >= 4 is 33.3 Å². The molecule has 0 atom stereocenters. The van der Waals surface area contributed by atoms with Crippen LogP contribution in [0.4, 0.5) is 8.78 Å². The van der Waals surface area contributed by atoms with Gasteiger partial charge in [-0.25, -0.2) is 21.2 Å². The highest BCUT2D eigenvalue weighted by Crippen LogP contribution is 2.39. The van der Waals surface area contributed by atoms with Gasteiger partial charge in [-0.15, -0.1) is 12.4 Å². The van der Waals surface area contributed by atoms with E-state index in [1.54, 1.807) is 25.4 Å². The number of aryl methyl sites for hydroxylation is 1. The summed E-state index contributed by atoms with van der Waals surface area (Å²) in [5, 5.41) is 3.49. The molecule has 0 spiro atoms. The summed E-state index contributed by atoms with van der Waals surface area (Å²) in [6.07, 6.45) is 3.18. The zero-order valence-corrected chi connectivity index (χ0v) is 19.2. The molecule has 2 aromatic heterocycles. The minimum atomic E-state index is -4.15. The van der Waals surface area contributed by atoms with Crippen molar-refractivity contribution in [1.29, 1.82) is 0 Å². The van der Waals surface area contributed by atoms with E-state index >= 15 is 0 Å². The Hall–Kier alpha value is -2.88. The molecule has 0 unspecified atom stereocenters. The van der Waals surface area contributed by atoms with Crippen LogP contribution < -0.4 is 10.1 Å². The van der Waals surface area contributed by atoms with E-state index in [0.717, 1.165) is 15.6 Å². The molecular weight excluding hydrogens is 460 g/mol. The maximum Gasteiger partial charge on any atom is 0.268 e. The topological polar surface area (TPSA) is 65.3 Å². The number of hydrogen-bond acceptors (Lipinski definition) is 4. The quantitative estimate of drug-likeness (QED) is 0.445. The maximum absolute atomic E-state index is 14.8. The fraction of sp³-hybridized carbons (Fsp3) is 0.182. The van der Waals surface area contributed by atoms with Crippen molar-refractivity contribution in [2.24, 2.45) is 7.05 Å². The lowest BCUT2D eigenvalue weighted by molar-refractivity contribution is 0.411. The second-order valence-corrected chi connectivity index (χ2v) is 8.89. The molecule has 0 radical (unpaired) electrons. The highest BCUT2D eigenvalue weighted by atomic mass is 35.5. The molecule has 6 nitrogen and oxygen atoms in total. The zero-order chi connectivity index (χ0) is 22.3. The first-order chi connectivity index (χ1) is 14.8. The largest absolute Gasteiger partial charge is 0.494 e. The average molecular weight is 482 g/mol. The Morgan fingerprint density at radius 3 is 2.53 bits per heavy atom. The van der Waals surface area contributed by atoms with Crippen molar-refractivity contribution in [2.45, 2.75) is 11.4 Å². The van der Waals surface area contributed by atoms with Gasteiger partial charge in [-0.2, -0.15) is 0 Å². The number of halogens is 3. The van der Waals surface area contributed by atoms with Gasteiger partial charge in [0.15, 0.2) is 0 Å². The monoisotopic (exact) mass is 481 g/mol. The lowest BCUT2D eigenvalue weighted by Gasteiger charge is -2.14. The molecule has 32 heavy (non-hydrogen) atoms. The van der Waals surface area contributed by atoms with Crippen LogP contribution in [0, 0.1) is 11.6 Å². The lowest BCUT2D eigenvalue weighted by atomic mass is 10.1. The molecule has 0 amide bonds. The van der Waals surface area contributed by atoms with E-state index in [0.29, 0.717) is 17.0 Å². The third-order valence-electron chi connectivity index (χ3n) is 5.18. The van der Waals surface area contributed by atoms with E-state index < -0.39 is 21.7 Å². The van der Waals surface area contributed by atoms with Crippen LogP contribution in [0.25, 0.3) is 22.2 Å². The first-order valence-electron chi connectivity index (χ1n) is 9.47. The van der Waals surface area contributed by atoms with Crippen molar-refractivity contribution in [3.05, 3.63) is 72.1 Å². The molecule has 0 aliphatic carbocycles. The Bertz CT molecular complexity index is 1400. The Morgan fingerprint density at radius 2 is 1.88 bits per heavy atom. The fourth-order valence-electron chi connectivity index (χ4n) is 3.78. The highest BCUT2D eigenvalue weighted by Gasteiger charge is 2.29. The van der Waals surface area contributed by atoms with E-state index in [9.17, 15) is 17.2 Å². The fourth-order valence-corrected chi connectivity index (χ4v) is 5.38. The van der Waals surface area contributed by atoms with Gasteiger partial charge in [0.1, 0.15) is 23.1 Å². The first kappa shape index (κ1) is 23.8. The van der Waals surface area contributed by atoms with Gasteiger partial charge < -0.3 is 14.6 Å². The predicted molar refractivity (Wildman–Crippen MR) is 122 cm³/mol. The van der Waals surface area contributed by atoms with Crippen LogP contribution in [0.15, 0.2) is 59.8 Å². The van der Waals surface area contributed by atoms with Crippen LogP contribution in [-0.2, 0) is 23.6 Å². The number of ether oxygens (including phenoxy) is 1. The predicted octanol–water partition coefficient (Wildman–Crippen LogP) is 4.31. The first-order valence-corrected chi connectivity index (χ1v) is 10.9. The van der Waals surface area contributed by atoms with Gasteiger partial charge in [-0.3, -0.25) is 0 Å². The number of methoxy groups -OCH3 is 1. The van der Waals surface area contributed by atoms with E-state index in [4.69, 9.17) is 4.74 Å². The number of hydrogen-bond donors (Lipinski definition) is 1. The standard InChI is InChI=1S/C22H21F2N3O3S.ClH/c1-25-12-14-13-27(21(22(14)30-3)16-8-7-15(23)11-18(16)24)31(28,29)20-6-4-5-19-17(20)9-10-26(19)2;/h4-11,13,25H,12H2,1-3H3;1H. The number of benzene rings is 2. The number of nitrogens with zero attached hydrogens (tertiary/aromatic N) is 2. The summed E-state index contributed by atoms with van der Waals surface area (Å²) in [5.41, 5.74) is 1.18. The van der Waals surface area contributed by atoms with Gasteiger partial charge >= 0.3 is 0 Å². The molecule has 4 rings (SSSR count). The van der Waals surface area contributed by atoms with Crippen LogP contribution in [-0.4, -0.2) is 31.1 Å². The lowest BCUT2D eigenvalue weighted by Crippen LogP contribution is -2.14. The molecule has 4 aromatic rings. The minimum absolute atomic E-state index is 0. The van der Waals surface area contributed by atoms with Crippen LogP contribution >= 0.6 is 12.4 Å². The molecule has 170 valence electrons. The molecule has 10 heteroatoms. The van der Waals surface area contributed by atoms with Gasteiger partial charge in [0.2, 0.25) is 0 Å². The van der Waals surface area contributed by atoms with Crippen LogP contribution in [0.2, 0.25) is 0 Å². The van der Waals surface area contributed by atoms with E-state index in [-0.39, 0.29) is 40.9 Å². The summed E-state index contributed by atoms with van der Waals surface area (Å²) >= 11 is 0. The van der Waals surface area contributed by atoms with Crippen LogP contribution in [0.3, 0.4) is 0 Å². The highest BCUT2D eigenvalue weighted by molar-refractivity contribution is 7.90. The molecule has 2 heterocycles. The maximum atomic E-state index is 14.8. The van der Waals surface area contributed by atoms with Crippen molar-refractivity contribution in [1.82, 2.24) is 13.9 Å². The van der Waals surface area contributed by atoms with Crippen molar-refractivity contribution in [3.63, 3.8) is 0 Å². The number of fused-ring (bicyclic) bond motifs is 1. The Morgan fingerprint density at radius 1 is 1.12 bits per heavy atom. The van der Waals surface area contributed by atoms with E-state index in [1.807, 2.05) is 17.7 Å². The molecule has 0 bridgehead atoms. The van der Waals surface area contributed by atoms with Gasteiger partial charge in [0, 0.05) is 54.1 Å². The average Bonchev–Trinajstić information content (AvgIpc) is 3.29. The third kappa shape index (κ3) is 3.76. The van der Waals surface area contributed by atoms with Gasteiger partial charge in [-0.1, -0.05) is 6.07 Å². The SMILES string of the molecule is CNCc1cn(S(=O)(=O)c2cccc3c2ccn3C)c(-c2ccc(F)cc2F)c1OC.Cl. The molecular formula is C22H22ClF2N3O3S. The van der Waals surface area contributed by atoms with Gasteiger partial charge in [0.25, 0.3) is 10.0 Å². The molecule has 0 aliphatic heterocycles. The summed E-state index contributed by atoms with van der Waals surface area (Å²) in [4.78, 5) is 0.0723. The minimum Gasteiger partial charge on any atom is -0.494 e. The Labute approximate surface area is 190 Å². The second-order valence-electron chi connectivity index (χ2n) is 7.11. The smallest absolute Gasteiger partial charge is 0.268 e. The molecule has 0 saturated heterocycles. The normalized spacial score (nSPS) is 11.5. The van der Waals surface area contributed by atoms with E-state index in [2.05, 4.69) is 5.32 Å². The number of aromatic nitrogens is 2. The second kappa shape index (κ2) is 8.93. The molecule has 1 N–H and O–H groups in total. The number of nitrogens with one attached hydrogen (secondary N) is 1. The zero-order valence-electron chi connectivity index (χ0n) is 17.6. The summed E-state index contributed by atoms with van der Waals surface area (Å²) in [6, 6.07) is 9.70. The third-order valence-corrected chi connectivity index (χ3v) is 6.90. The van der Waals surface area contributed by atoms with Crippen LogP contribution in [0.1, 0.15) is 5.56 Å². The summed E-state index contributed by atoms with van der Waals surface area (Å²) in [6.45, 7) is 0.289. The summed E-state index contributed by atoms with van der Waals surface area (Å²) < 4.78 is 64.2. The molecule has 0 aliphatic rings. The Kier molecular flexibility index (Phi) is 6.64. The molecule has 2 aromatic carbocycles. The van der Waals surface area contributed by atoms with E-state index in [1.165, 1.54) is 25.4 Å². The van der Waals surface area contributed by atoms with Crippen molar-refractivity contribution in [2.75, 3.05) is 14.2 Å². The molecule has 0 fully saturated rings. The van der Waals surface area contributed by atoms with Crippen molar-refractivity contribution in [3.8, 4) is 17.0 Å². The molecule has 0 saturated carbocycles. The summed E-state index contributed by atoms with van der Waals surface area (Å²) in [5.74, 6) is -1.45. The summed E-state index contributed by atoms with van der Waals surface area (Å²) in [7, 11) is 0.754. The van der Waals surface area contributed by atoms with Gasteiger partial charge in [-0.05, 0) is 37.4 Å².